The van der Waals surface area contributed by atoms with Gasteiger partial charge in [0.1, 0.15) is 11.4 Å². The predicted molar refractivity (Wildman–Crippen MR) is 136 cm³/mol. The maximum Gasteiger partial charge on any atom is 0.338 e. The van der Waals surface area contributed by atoms with E-state index in [0.29, 0.717) is 28.7 Å². The van der Waals surface area contributed by atoms with Gasteiger partial charge in [0.15, 0.2) is 5.17 Å². The van der Waals surface area contributed by atoms with Crippen LogP contribution in [0.3, 0.4) is 0 Å². The van der Waals surface area contributed by atoms with Crippen LogP contribution in [0.25, 0.3) is 0 Å². The Labute approximate surface area is 210 Å². The molecule has 1 saturated heterocycles. The Morgan fingerprint density at radius 2 is 2.06 bits per heavy atom. The van der Waals surface area contributed by atoms with E-state index in [1.807, 2.05) is 62.3 Å². The molecule has 1 N–H and O–H groups in total. The number of para-hydroxylation sites is 1. The van der Waals surface area contributed by atoms with E-state index >= 15 is 0 Å². The molecule has 0 unspecified atom stereocenters. The number of nitrogens with zero attached hydrogens (tertiary/aromatic N) is 2. The summed E-state index contributed by atoms with van der Waals surface area (Å²) >= 11 is 1.44. The average Bonchev–Trinajstić information content (AvgIpc) is 3.45. The molecule has 0 radical (unpaired) electrons. The Hall–Kier alpha value is -2.78. The van der Waals surface area contributed by atoms with Gasteiger partial charge in [-0.05, 0) is 52.0 Å². The van der Waals surface area contributed by atoms with E-state index in [4.69, 9.17) is 19.2 Å². The maximum atomic E-state index is 13.4. The van der Waals surface area contributed by atoms with Gasteiger partial charge in [-0.3, -0.25) is 4.79 Å². The lowest BCUT2D eigenvalue weighted by Crippen LogP contribution is -2.40. The van der Waals surface area contributed by atoms with Crippen LogP contribution in [0.1, 0.15) is 58.6 Å². The third-order valence-electron chi connectivity index (χ3n) is 5.95. The Kier molecular flexibility index (Phi) is 7.56. The van der Waals surface area contributed by atoms with Crippen LogP contribution < -0.4 is 10.1 Å². The van der Waals surface area contributed by atoms with Crippen molar-refractivity contribution in [1.82, 2.24) is 10.2 Å². The molecule has 0 aromatic heterocycles. The van der Waals surface area contributed by atoms with Crippen LogP contribution in [0, 0.1) is 0 Å². The van der Waals surface area contributed by atoms with Crippen LogP contribution in [0.4, 0.5) is 0 Å². The smallest absolute Gasteiger partial charge is 0.338 e. The number of thioether (sulfide) groups is 1. The molecule has 188 valence electrons. The predicted octanol–water partition coefficient (Wildman–Crippen LogP) is 4.30. The van der Waals surface area contributed by atoms with Gasteiger partial charge in [-0.1, -0.05) is 30.0 Å². The van der Waals surface area contributed by atoms with Crippen molar-refractivity contribution in [2.75, 3.05) is 20.3 Å². The summed E-state index contributed by atoms with van der Waals surface area (Å²) in [6.45, 7) is 8.58. The van der Waals surface area contributed by atoms with Crippen molar-refractivity contribution >= 4 is 28.8 Å². The third-order valence-corrected chi connectivity index (χ3v) is 6.83. The van der Waals surface area contributed by atoms with Gasteiger partial charge in [-0.25, -0.2) is 9.79 Å². The first kappa shape index (κ1) is 25.3. The minimum Gasteiger partial charge on any atom is -0.496 e. The van der Waals surface area contributed by atoms with Crippen LogP contribution in [-0.2, 0) is 19.1 Å². The first-order chi connectivity index (χ1) is 16.7. The average molecular weight is 500 g/mol. The number of esters is 1. The summed E-state index contributed by atoms with van der Waals surface area (Å²) in [5.74, 6) is 0.108. The molecule has 1 aromatic rings. The highest BCUT2D eigenvalue weighted by Gasteiger charge is 2.43. The summed E-state index contributed by atoms with van der Waals surface area (Å²) in [6, 6.07) is 7.05. The summed E-state index contributed by atoms with van der Waals surface area (Å²) < 4.78 is 17.1. The molecule has 0 spiro atoms. The molecular weight excluding hydrogens is 466 g/mol. The zero-order valence-corrected chi connectivity index (χ0v) is 21.7. The Balaban J connectivity index is 1.66. The van der Waals surface area contributed by atoms with E-state index in [9.17, 15) is 9.59 Å². The number of aliphatic imine (C=N–C) groups is 1. The number of amides is 1. The van der Waals surface area contributed by atoms with E-state index in [2.05, 4.69) is 5.32 Å². The number of hydrogen-bond acceptors (Lipinski definition) is 8. The molecule has 1 amide bonds. The van der Waals surface area contributed by atoms with Crippen molar-refractivity contribution in [2.45, 2.75) is 64.7 Å². The maximum absolute atomic E-state index is 13.4. The first-order valence-corrected chi connectivity index (χ1v) is 12.7. The summed E-state index contributed by atoms with van der Waals surface area (Å²) in [5.41, 5.74) is 1.92. The number of nitrogens with one attached hydrogen (secondary N) is 1. The van der Waals surface area contributed by atoms with Gasteiger partial charge in [0.25, 0.3) is 0 Å². The van der Waals surface area contributed by atoms with Crippen LogP contribution >= 0.6 is 11.8 Å². The van der Waals surface area contributed by atoms with Gasteiger partial charge in [-0.15, -0.1) is 0 Å². The highest BCUT2D eigenvalue weighted by molar-refractivity contribution is 8.16. The second kappa shape index (κ2) is 10.5. The van der Waals surface area contributed by atoms with Crippen molar-refractivity contribution < 1.29 is 23.8 Å². The molecule has 9 heteroatoms. The minimum absolute atomic E-state index is 0.0728. The van der Waals surface area contributed by atoms with Crippen LogP contribution in [0.5, 0.6) is 5.75 Å². The lowest BCUT2D eigenvalue weighted by Gasteiger charge is -2.37. The van der Waals surface area contributed by atoms with Gasteiger partial charge in [0, 0.05) is 24.4 Å². The van der Waals surface area contributed by atoms with Gasteiger partial charge < -0.3 is 24.4 Å². The molecule has 3 heterocycles. The number of allylic oxidation sites excluding steroid dienone is 1. The Morgan fingerprint density at radius 1 is 1.29 bits per heavy atom. The number of amidine groups is 1. The zero-order chi connectivity index (χ0) is 25.2. The van der Waals surface area contributed by atoms with E-state index < -0.39 is 17.6 Å². The second-order valence-electron chi connectivity index (χ2n) is 9.75. The lowest BCUT2D eigenvalue weighted by atomic mass is 9.93. The normalized spacial score (nSPS) is 21.9. The molecule has 35 heavy (non-hydrogen) atoms. The quantitative estimate of drug-likeness (QED) is 0.560. The Morgan fingerprint density at radius 3 is 2.74 bits per heavy atom. The summed E-state index contributed by atoms with van der Waals surface area (Å²) in [5, 5.41) is 5.63. The molecule has 1 fully saturated rings. The number of methoxy groups -OCH3 is 1. The van der Waals surface area contributed by atoms with Crippen molar-refractivity contribution in [2.24, 2.45) is 4.99 Å². The number of fused-ring (bicyclic) bond motifs is 1. The van der Waals surface area contributed by atoms with Gasteiger partial charge >= 0.3 is 5.97 Å². The molecule has 0 saturated carbocycles. The van der Waals surface area contributed by atoms with E-state index in [1.165, 1.54) is 11.8 Å². The van der Waals surface area contributed by atoms with Crippen LogP contribution in [-0.4, -0.2) is 53.9 Å². The minimum atomic E-state index is -0.666. The Bertz CT molecular complexity index is 1080. The summed E-state index contributed by atoms with van der Waals surface area (Å²) in [4.78, 5) is 33.0. The molecule has 3 aliphatic rings. The van der Waals surface area contributed by atoms with Crippen molar-refractivity contribution in [3.8, 4) is 5.75 Å². The number of carbonyl (C=O) groups excluding carboxylic acids is 2. The fraction of sp³-hybridized carbons (Fsp3) is 0.500. The number of hydrogen-bond donors (Lipinski definition) is 1. The van der Waals surface area contributed by atoms with E-state index in [-0.39, 0.29) is 18.4 Å². The molecule has 2 atom stereocenters. The molecular formula is C26H33N3O5S. The topological polar surface area (TPSA) is 89.5 Å². The SMILES string of the molecule is COc1ccccc1[C@@H]1C(C(=O)OC(C)(C)C)=C(C)N=C2SC=C(CC(=O)NC[C@@H]3CCCO3)N21. The number of carbonyl (C=O) groups is 2. The highest BCUT2D eigenvalue weighted by atomic mass is 32.2. The highest BCUT2D eigenvalue weighted by Crippen LogP contribution is 2.47. The number of rotatable bonds is 7. The molecule has 0 aliphatic carbocycles. The van der Waals surface area contributed by atoms with E-state index in [0.717, 1.165) is 30.7 Å². The van der Waals surface area contributed by atoms with Gasteiger partial charge in [0.05, 0.1) is 36.9 Å². The lowest BCUT2D eigenvalue weighted by molar-refractivity contribution is -0.150. The molecule has 1 aromatic carbocycles. The monoisotopic (exact) mass is 499 g/mol. The standard InChI is InChI=1S/C26H33N3O5S/c1-16-22(24(31)34-26(2,3)4)23(19-10-6-7-11-20(19)32-5)29-17(15-35-25(29)28-16)13-21(30)27-14-18-9-8-12-33-18/h6-7,10-11,15,18,23H,8-9,12-14H2,1-5H3,(H,27,30)/t18-,23+/m0/s1. The molecule has 4 rings (SSSR count). The van der Waals surface area contributed by atoms with Gasteiger partial charge in [-0.2, -0.15) is 0 Å². The second-order valence-corrected chi connectivity index (χ2v) is 10.6. The molecule has 3 aliphatic heterocycles. The fourth-order valence-electron chi connectivity index (χ4n) is 4.41. The van der Waals surface area contributed by atoms with Crippen molar-refractivity contribution in [3.63, 3.8) is 0 Å². The van der Waals surface area contributed by atoms with Crippen molar-refractivity contribution in [1.29, 1.82) is 0 Å². The summed E-state index contributed by atoms with van der Waals surface area (Å²) in [7, 11) is 1.61. The van der Waals surface area contributed by atoms with Crippen LogP contribution in [0.15, 0.2) is 51.6 Å². The van der Waals surface area contributed by atoms with Crippen molar-refractivity contribution in [3.05, 3.63) is 52.2 Å². The fourth-order valence-corrected chi connectivity index (χ4v) is 5.37. The summed E-state index contributed by atoms with van der Waals surface area (Å²) in [6.07, 6.45) is 2.21. The van der Waals surface area contributed by atoms with E-state index in [1.54, 1.807) is 7.11 Å². The number of benzene rings is 1. The third kappa shape index (κ3) is 5.73. The largest absolute Gasteiger partial charge is 0.496 e. The van der Waals surface area contributed by atoms with Gasteiger partial charge in [0.2, 0.25) is 5.91 Å². The first-order valence-electron chi connectivity index (χ1n) is 11.9. The molecule has 0 bridgehead atoms. The zero-order valence-electron chi connectivity index (χ0n) is 20.9. The van der Waals surface area contributed by atoms with Crippen LogP contribution in [0.2, 0.25) is 0 Å². The number of ether oxygens (including phenoxy) is 3. The molecule has 8 nitrogen and oxygen atoms in total.